The maximum Gasteiger partial charge on any atom is 0.341 e. The number of hydrogen-bond acceptors (Lipinski definition) is 4. The van der Waals surface area contributed by atoms with Crippen molar-refractivity contribution < 1.29 is 14.3 Å². The molecule has 1 rings (SSSR count). The first-order valence-corrected chi connectivity index (χ1v) is 4.93. The van der Waals surface area contributed by atoms with Gasteiger partial charge in [-0.2, -0.15) is 0 Å². The van der Waals surface area contributed by atoms with Gasteiger partial charge in [0.15, 0.2) is 5.05 Å². The van der Waals surface area contributed by atoms with E-state index in [9.17, 15) is 4.79 Å². The van der Waals surface area contributed by atoms with Crippen molar-refractivity contribution in [3.8, 4) is 0 Å². The lowest BCUT2D eigenvalue weighted by atomic mass is 10.2. The van der Waals surface area contributed by atoms with Gasteiger partial charge in [-0.05, 0) is 24.4 Å². The third kappa shape index (κ3) is 4.08. The monoisotopic (exact) mass is 224 g/mol. The van der Waals surface area contributed by atoms with Crippen molar-refractivity contribution in [1.29, 1.82) is 0 Å². The number of thiocarbonyl (C=S) groups is 1. The van der Waals surface area contributed by atoms with Crippen LogP contribution in [0.2, 0.25) is 0 Å². The summed E-state index contributed by atoms with van der Waals surface area (Å²) in [7, 11) is 0. The van der Waals surface area contributed by atoms with E-state index in [1.165, 1.54) is 0 Å². The van der Waals surface area contributed by atoms with Crippen molar-refractivity contribution >= 4 is 23.2 Å². The Morgan fingerprint density at radius 3 is 2.40 bits per heavy atom. The minimum Gasteiger partial charge on any atom is -0.449 e. The maximum absolute atomic E-state index is 11.5. The second-order valence-electron chi connectivity index (χ2n) is 2.95. The number of rotatable bonds is 3. The fourth-order valence-electron chi connectivity index (χ4n) is 1.05. The maximum atomic E-state index is 11.5. The smallest absolute Gasteiger partial charge is 0.341 e. The van der Waals surface area contributed by atoms with Gasteiger partial charge in [0.1, 0.15) is 0 Å². The van der Waals surface area contributed by atoms with Crippen LogP contribution in [0.1, 0.15) is 24.2 Å². The van der Waals surface area contributed by atoms with Crippen LogP contribution in [-0.4, -0.2) is 17.3 Å². The summed E-state index contributed by atoms with van der Waals surface area (Å²) in [5.41, 5.74) is 0.495. The quantitative estimate of drug-likeness (QED) is 0.449. The third-order valence-electron chi connectivity index (χ3n) is 1.61. The van der Waals surface area contributed by atoms with Crippen LogP contribution in [0.25, 0.3) is 0 Å². The number of benzene rings is 1. The summed E-state index contributed by atoms with van der Waals surface area (Å²) in [6.07, 6.45) is -0.657. The van der Waals surface area contributed by atoms with E-state index in [1.807, 2.05) is 6.07 Å². The molecule has 0 aliphatic carbocycles. The molecule has 80 valence electrons. The Morgan fingerprint density at radius 2 is 1.87 bits per heavy atom. The number of carbonyl (C=O) groups excluding carboxylic acids is 1. The second-order valence-corrected chi connectivity index (χ2v) is 3.52. The van der Waals surface area contributed by atoms with Crippen LogP contribution in [0, 0.1) is 0 Å². The lowest BCUT2D eigenvalue weighted by molar-refractivity contribution is -0.0425. The van der Waals surface area contributed by atoms with Crippen molar-refractivity contribution in [3.05, 3.63) is 35.9 Å². The highest BCUT2D eigenvalue weighted by Gasteiger charge is 2.11. The topological polar surface area (TPSA) is 35.5 Å². The van der Waals surface area contributed by atoms with Crippen molar-refractivity contribution in [1.82, 2.24) is 0 Å². The number of hydrogen-bond donors (Lipinski definition) is 0. The Balaban J connectivity index is 2.53. The van der Waals surface area contributed by atoms with Crippen LogP contribution < -0.4 is 0 Å². The summed E-state index contributed by atoms with van der Waals surface area (Å²) < 4.78 is 10.0. The van der Waals surface area contributed by atoms with Crippen LogP contribution in [0.15, 0.2) is 30.3 Å². The Bertz CT molecular complexity index is 348. The Kier molecular flexibility index (Phi) is 4.24. The normalized spacial score (nSPS) is 11.6. The molecule has 0 fully saturated rings. The molecule has 0 saturated heterocycles. The van der Waals surface area contributed by atoms with E-state index in [0.717, 1.165) is 0 Å². The van der Waals surface area contributed by atoms with E-state index < -0.39 is 12.3 Å². The van der Waals surface area contributed by atoms with E-state index in [1.54, 1.807) is 38.1 Å². The van der Waals surface area contributed by atoms with Gasteiger partial charge in [-0.3, -0.25) is 0 Å². The van der Waals surface area contributed by atoms with Gasteiger partial charge in [-0.15, -0.1) is 0 Å². The van der Waals surface area contributed by atoms with Gasteiger partial charge in [0.25, 0.3) is 0 Å². The molecule has 0 radical (unpaired) electrons. The lowest BCUT2D eigenvalue weighted by Crippen LogP contribution is -2.19. The Hall–Kier alpha value is -1.42. The molecule has 0 spiro atoms. The van der Waals surface area contributed by atoms with Gasteiger partial charge < -0.3 is 9.47 Å². The first-order chi connectivity index (χ1) is 7.09. The summed E-state index contributed by atoms with van der Waals surface area (Å²) in [6.45, 7) is 3.25. The molecule has 0 heterocycles. The van der Waals surface area contributed by atoms with E-state index in [2.05, 4.69) is 0 Å². The standard InChI is InChI=1S/C11H12O3S/c1-8(13-9(2)15)14-11(12)10-6-4-3-5-7-10/h3-8H,1-2H3/t8-/m0/s1. The van der Waals surface area contributed by atoms with E-state index in [-0.39, 0.29) is 0 Å². The average Bonchev–Trinajstić information content (AvgIpc) is 2.17. The lowest BCUT2D eigenvalue weighted by Gasteiger charge is -2.13. The zero-order valence-electron chi connectivity index (χ0n) is 8.60. The average molecular weight is 224 g/mol. The van der Waals surface area contributed by atoms with Crippen molar-refractivity contribution in [2.75, 3.05) is 0 Å². The van der Waals surface area contributed by atoms with E-state index in [4.69, 9.17) is 21.7 Å². The third-order valence-corrected chi connectivity index (χ3v) is 1.71. The minimum atomic E-state index is -0.657. The molecule has 3 nitrogen and oxygen atoms in total. The first kappa shape index (κ1) is 11.7. The molecule has 0 N–H and O–H groups in total. The highest BCUT2D eigenvalue weighted by Crippen LogP contribution is 2.04. The van der Waals surface area contributed by atoms with E-state index in [0.29, 0.717) is 10.6 Å². The molecule has 1 atom stereocenters. The Labute approximate surface area is 94.0 Å². The molecule has 1 aromatic carbocycles. The highest BCUT2D eigenvalue weighted by molar-refractivity contribution is 7.80. The summed E-state index contributed by atoms with van der Waals surface area (Å²) in [5.74, 6) is -0.417. The SMILES string of the molecule is CC(=S)O[C@H](C)OC(=O)c1ccccc1. The predicted octanol–water partition coefficient (Wildman–Crippen LogP) is 2.55. The highest BCUT2D eigenvalue weighted by atomic mass is 32.1. The van der Waals surface area contributed by atoms with Crippen LogP contribution >= 0.6 is 12.2 Å². The van der Waals surface area contributed by atoms with Crippen LogP contribution in [0.3, 0.4) is 0 Å². The molecule has 0 aromatic heterocycles. The summed E-state index contributed by atoms with van der Waals surface area (Å²) in [6, 6.07) is 8.73. The molecule has 0 unspecified atom stereocenters. The summed E-state index contributed by atoms with van der Waals surface area (Å²) >= 11 is 4.73. The molecule has 0 amide bonds. The van der Waals surface area contributed by atoms with Crippen molar-refractivity contribution in [2.45, 2.75) is 20.1 Å². The molecule has 4 heteroatoms. The molecular formula is C11H12O3S. The van der Waals surface area contributed by atoms with Crippen LogP contribution in [-0.2, 0) is 9.47 Å². The summed E-state index contributed by atoms with van der Waals surface area (Å²) in [4.78, 5) is 11.5. The van der Waals surface area contributed by atoms with Gasteiger partial charge in [-0.25, -0.2) is 4.79 Å². The fourth-order valence-corrected chi connectivity index (χ4v) is 1.19. The molecule has 0 aliphatic heterocycles. The molecule has 0 saturated carbocycles. The Morgan fingerprint density at radius 1 is 1.27 bits per heavy atom. The molecular weight excluding hydrogens is 212 g/mol. The molecule has 0 aliphatic rings. The van der Waals surface area contributed by atoms with Crippen molar-refractivity contribution in [3.63, 3.8) is 0 Å². The summed E-state index contributed by atoms with van der Waals surface area (Å²) in [5, 5.41) is 0.350. The second kappa shape index (κ2) is 5.46. The number of carbonyl (C=O) groups is 1. The van der Waals surface area contributed by atoms with Crippen LogP contribution in [0.5, 0.6) is 0 Å². The zero-order chi connectivity index (χ0) is 11.3. The van der Waals surface area contributed by atoms with Gasteiger partial charge in [0.2, 0.25) is 6.29 Å². The number of esters is 1. The first-order valence-electron chi connectivity index (χ1n) is 4.53. The van der Waals surface area contributed by atoms with Gasteiger partial charge in [0, 0.05) is 13.8 Å². The van der Waals surface area contributed by atoms with Gasteiger partial charge in [-0.1, -0.05) is 18.2 Å². The minimum absolute atomic E-state index is 0.350. The fraction of sp³-hybridized carbons (Fsp3) is 0.273. The van der Waals surface area contributed by atoms with Crippen molar-refractivity contribution in [2.24, 2.45) is 0 Å². The number of ether oxygens (including phenoxy) is 2. The molecule has 0 bridgehead atoms. The predicted molar refractivity (Wildman–Crippen MR) is 60.7 cm³/mol. The zero-order valence-corrected chi connectivity index (χ0v) is 9.41. The van der Waals surface area contributed by atoms with Gasteiger partial charge in [0.05, 0.1) is 5.56 Å². The van der Waals surface area contributed by atoms with E-state index >= 15 is 0 Å². The molecule has 1 aromatic rings. The molecule has 15 heavy (non-hydrogen) atoms. The van der Waals surface area contributed by atoms with Crippen LogP contribution in [0.4, 0.5) is 0 Å². The largest absolute Gasteiger partial charge is 0.449 e. The van der Waals surface area contributed by atoms with Gasteiger partial charge >= 0.3 is 5.97 Å².